The van der Waals surface area contributed by atoms with E-state index in [2.05, 4.69) is 9.99 Å². The number of nitrogens with zero attached hydrogens (tertiary/aromatic N) is 1. The SMILES string of the molecule is CC(=O)ON=C(N)C1CCc2cc3c(cc21)OCO3. The summed E-state index contributed by atoms with van der Waals surface area (Å²) >= 11 is 0. The molecule has 0 fully saturated rings. The van der Waals surface area contributed by atoms with Crippen molar-refractivity contribution in [2.75, 3.05) is 6.79 Å². The van der Waals surface area contributed by atoms with E-state index < -0.39 is 5.97 Å². The van der Waals surface area contributed by atoms with Crippen molar-refractivity contribution < 1.29 is 19.1 Å². The van der Waals surface area contributed by atoms with E-state index in [1.165, 1.54) is 12.5 Å². The molecule has 1 heterocycles. The molecule has 2 aliphatic rings. The zero-order chi connectivity index (χ0) is 13.4. The Morgan fingerprint density at radius 2 is 2.16 bits per heavy atom. The molecule has 0 aromatic heterocycles. The molecule has 19 heavy (non-hydrogen) atoms. The van der Waals surface area contributed by atoms with Crippen LogP contribution in [0.4, 0.5) is 0 Å². The highest BCUT2D eigenvalue weighted by Gasteiger charge is 2.29. The fraction of sp³-hybridized carbons (Fsp3) is 0.385. The lowest BCUT2D eigenvalue weighted by molar-refractivity contribution is -0.141. The van der Waals surface area contributed by atoms with Crippen molar-refractivity contribution in [3.8, 4) is 11.5 Å². The van der Waals surface area contributed by atoms with Crippen LogP contribution in [-0.4, -0.2) is 18.6 Å². The van der Waals surface area contributed by atoms with E-state index in [0.717, 1.165) is 29.9 Å². The molecule has 0 saturated heterocycles. The number of nitrogens with two attached hydrogens (primary N) is 1. The van der Waals surface area contributed by atoms with Crippen molar-refractivity contribution >= 4 is 11.8 Å². The zero-order valence-electron chi connectivity index (χ0n) is 10.5. The smallest absolute Gasteiger partial charge is 0.332 e. The Bertz CT molecular complexity index is 568. The van der Waals surface area contributed by atoms with Crippen molar-refractivity contribution in [2.24, 2.45) is 10.9 Å². The second kappa shape index (κ2) is 4.46. The van der Waals surface area contributed by atoms with E-state index in [9.17, 15) is 4.79 Å². The first kappa shape index (κ1) is 11.8. The molecule has 0 amide bonds. The molecule has 1 aromatic rings. The molecule has 1 unspecified atom stereocenters. The quantitative estimate of drug-likeness (QED) is 0.375. The maximum absolute atomic E-state index is 10.7. The van der Waals surface area contributed by atoms with Crippen molar-refractivity contribution in [3.05, 3.63) is 23.3 Å². The van der Waals surface area contributed by atoms with Crippen molar-refractivity contribution in [1.82, 2.24) is 0 Å². The number of hydrogen-bond acceptors (Lipinski definition) is 5. The van der Waals surface area contributed by atoms with Crippen LogP contribution in [0.1, 0.15) is 30.4 Å². The van der Waals surface area contributed by atoms with Gasteiger partial charge in [-0.2, -0.15) is 0 Å². The highest BCUT2D eigenvalue weighted by molar-refractivity contribution is 5.89. The number of hydrogen-bond donors (Lipinski definition) is 1. The lowest BCUT2D eigenvalue weighted by Crippen LogP contribution is -2.21. The third-order valence-electron chi connectivity index (χ3n) is 3.35. The third-order valence-corrected chi connectivity index (χ3v) is 3.35. The molecule has 1 aromatic carbocycles. The predicted molar refractivity (Wildman–Crippen MR) is 67.0 cm³/mol. The molecular formula is C13H14N2O4. The van der Waals surface area contributed by atoms with Crippen molar-refractivity contribution in [3.63, 3.8) is 0 Å². The maximum atomic E-state index is 10.7. The van der Waals surface area contributed by atoms with Crippen LogP contribution in [0.25, 0.3) is 0 Å². The number of fused-ring (bicyclic) bond motifs is 2. The number of aryl methyl sites for hydroxylation is 1. The molecule has 100 valence electrons. The van der Waals surface area contributed by atoms with E-state index in [0.29, 0.717) is 5.84 Å². The summed E-state index contributed by atoms with van der Waals surface area (Å²) < 4.78 is 10.7. The molecule has 6 heteroatoms. The molecule has 1 aliphatic carbocycles. The summed E-state index contributed by atoms with van der Waals surface area (Å²) in [6.45, 7) is 1.54. The number of amidine groups is 1. The first-order chi connectivity index (χ1) is 9.15. The topological polar surface area (TPSA) is 83.1 Å². The van der Waals surface area contributed by atoms with Crippen LogP contribution in [0.3, 0.4) is 0 Å². The normalized spacial score (nSPS) is 20.3. The summed E-state index contributed by atoms with van der Waals surface area (Å²) in [7, 11) is 0. The van der Waals surface area contributed by atoms with Gasteiger partial charge in [-0.1, -0.05) is 5.16 Å². The largest absolute Gasteiger partial charge is 0.454 e. The minimum atomic E-state index is -0.480. The Balaban J connectivity index is 1.89. The molecule has 0 saturated carbocycles. The molecule has 1 atom stereocenters. The number of oxime groups is 1. The lowest BCUT2D eigenvalue weighted by Gasteiger charge is -2.10. The van der Waals surface area contributed by atoms with Gasteiger partial charge >= 0.3 is 5.97 Å². The molecule has 2 N–H and O–H groups in total. The van der Waals surface area contributed by atoms with Gasteiger partial charge in [-0.25, -0.2) is 4.79 Å². The molecule has 1 aliphatic heterocycles. The summed E-state index contributed by atoms with van der Waals surface area (Å²) in [5.74, 6) is 1.30. The van der Waals surface area contributed by atoms with Gasteiger partial charge in [-0.3, -0.25) is 0 Å². The number of carbonyl (C=O) groups excluding carboxylic acids is 1. The molecular weight excluding hydrogens is 248 g/mol. The van der Waals surface area contributed by atoms with Gasteiger partial charge in [-0.05, 0) is 36.1 Å². The first-order valence-corrected chi connectivity index (χ1v) is 6.08. The van der Waals surface area contributed by atoms with Crippen LogP contribution < -0.4 is 15.2 Å². The van der Waals surface area contributed by atoms with Crippen LogP contribution >= 0.6 is 0 Å². The van der Waals surface area contributed by atoms with Crippen LogP contribution in [0.5, 0.6) is 11.5 Å². The monoisotopic (exact) mass is 262 g/mol. The summed E-state index contributed by atoms with van der Waals surface area (Å²) in [6, 6.07) is 3.92. The van der Waals surface area contributed by atoms with E-state index in [4.69, 9.17) is 15.2 Å². The van der Waals surface area contributed by atoms with Crippen LogP contribution in [-0.2, 0) is 16.1 Å². The van der Waals surface area contributed by atoms with E-state index in [-0.39, 0.29) is 12.7 Å². The Morgan fingerprint density at radius 1 is 1.42 bits per heavy atom. The summed E-state index contributed by atoms with van der Waals surface area (Å²) in [4.78, 5) is 15.3. The average Bonchev–Trinajstić information content (AvgIpc) is 2.98. The van der Waals surface area contributed by atoms with Crippen LogP contribution in [0.2, 0.25) is 0 Å². The molecule has 0 spiro atoms. The number of rotatable bonds is 2. The number of benzene rings is 1. The Kier molecular flexibility index (Phi) is 2.77. The van der Waals surface area contributed by atoms with Crippen LogP contribution in [0, 0.1) is 0 Å². The van der Waals surface area contributed by atoms with Crippen LogP contribution in [0.15, 0.2) is 17.3 Å². The Hall–Kier alpha value is -2.24. The zero-order valence-corrected chi connectivity index (χ0v) is 10.5. The molecule has 0 radical (unpaired) electrons. The summed E-state index contributed by atoms with van der Waals surface area (Å²) in [6.07, 6.45) is 1.74. The molecule has 3 rings (SSSR count). The summed E-state index contributed by atoms with van der Waals surface area (Å²) in [5.41, 5.74) is 8.13. The van der Waals surface area contributed by atoms with Gasteiger partial charge < -0.3 is 20.0 Å². The second-order valence-corrected chi connectivity index (χ2v) is 4.59. The summed E-state index contributed by atoms with van der Waals surface area (Å²) in [5, 5.41) is 3.67. The van der Waals surface area contributed by atoms with Gasteiger partial charge in [0.05, 0.1) is 0 Å². The van der Waals surface area contributed by atoms with Gasteiger partial charge in [0.1, 0.15) is 5.84 Å². The fourth-order valence-electron chi connectivity index (χ4n) is 2.48. The maximum Gasteiger partial charge on any atom is 0.332 e. The van der Waals surface area contributed by atoms with Gasteiger partial charge in [0.15, 0.2) is 11.5 Å². The minimum Gasteiger partial charge on any atom is -0.454 e. The van der Waals surface area contributed by atoms with Crippen molar-refractivity contribution in [2.45, 2.75) is 25.7 Å². The second-order valence-electron chi connectivity index (χ2n) is 4.59. The van der Waals surface area contributed by atoms with Gasteiger partial charge in [0, 0.05) is 12.8 Å². The van der Waals surface area contributed by atoms with Crippen molar-refractivity contribution in [1.29, 1.82) is 0 Å². The fourth-order valence-corrected chi connectivity index (χ4v) is 2.48. The van der Waals surface area contributed by atoms with Gasteiger partial charge in [0.2, 0.25) is 6.79 Å². The van der Waals surface area contributed by atoms with Gasteiger partial charge in [-0.15, -0.1) is 0 Å². The minimum absolute atomic E-state index is 0.0381. The number of carbonyl (C=O) groups is 1. The first-order valence-electron chi connectivity index (χ1n) is 6.08. The van der Waals surface area contributed by atoms with E-state index >= 15 is 0 Å². The highest BCUT2D eigenvalue weighted by Crippen LogP contribution is 2.42. The molecule has 6 nitrogen and oxygen atoms in total. The lowest BCUT2D eigenvalue weighted by atomic mass is 10.00. The standard InChI is InChI=1S/C13H14N2O4/c1-7(16)19-15-13(14)9-3-2-8-4-11-12(5-10(8)9)18-6-17-11/h4-5,9H,2-3,6H2,1H3,(H2,14,15). The van der Waals surface area contributed by atoms with E-state index in [1.807, 2.05) is 12.1 Å². The molecule has 0 bridgehead atoms. The third kappa shape index (κ3) is 2.09. The Labute approximate surface area is 110 Å². The predicted octanol–water partition coefficient (Wildman–Crippen LogP) is 1.28. The Morgan fingerprint density at radius 3 is 2.89 bits per heavy atom. The average molecular weight is 262 g/mol. The van der Waals surface area contributed by atoms with Gasteiger partial charge in [0.25, 0.3) is 0 Å². The van der Waals surface area contributed by atoms with E-state index in [1.54, 1.807) is 0 Å². The highest BCUT2D eigenvalue weighted by atomic mass is 16.7. The number of ether oxygens (including phenoxy) is 2.